The molecule has 6 nitrogen and oxygen atoms in total. The molecule has 1 aromatic rings. The Morgan fingerprint density at radius 1 is 1.67 bits per heavy atom. The number of nitrogen functional groups attached to an aromatic ring is 1. The minimum atomic E-state index is -2.89. The van der Waals surface area contributed by atoms with E-state index in [-0.39, 0.29) is 5.56 Å². The van der Waals surface area contributed by atoms with Crippen molar-refractivity contribution in [2.24, 2.45) is 0 Å². The summed E-state index contributed by atoms with van der Waals surface area (Å²) in [6, 6.07) is 0.763. The number of hydrogen-bond donors (Lipinski definition) is 2. The highest BCUT2D eigenvalue weighted by Gasteiger charge is 2.23. The van der Waals surface area contributed by atoms with Gasteiger partial charge >= 0.3 is 5.69 Å². The Bertz CT molecular complexity index is 397. The Balaban J connectivity index is 3.37. The molecule has 0 atom stereocenters. The summed E-state index contributed by atoms with van der Waals surface area (Å²) < 4.78 is 24.5. The SMILES string of the molecule is Nc1nc(C(F)F)cc(CO)c1[N+](=O)[O-]. The molecule has 0 saturated heterocycles. The van der Waals surface area contributed by atoms with Crippen LogP contribution in [-0.2, 0) is 6.61 Å². The van der Waals surface area contributed by atoms with Crippen molar-refractivity contribution in [2.45, 2.75) is 13.0 Å². The molecular formula is C7H7F2N3O3. The number of rotatable bonds is 3. The van der Waals surface area contributed by atoms with Crippen LogP contribution in [-0.4, -0.2) is 15.0 Å². The van der Waals surface area contributed by atoms with Crippen LogP contribution < -0.4 is 5.73 Å². The highest BCUT2D eigenvalue weighted by Crippen LogP contribution is 2.28. The van der Waals surface area contributed by atoms with Gasteiger partial charge < -0.3 is 10.8 Å². The van der Waals surface area contributed by atoms with Crippen molar-refractivity contribution < 1.29 is 18.8 Å². The molecule has 82 valence electrons. The summed E-state index contributed by atoms with van der Waals surface area (Å²) in [5, 5.41) is 19.2. The van der Waals surface area contributed by atoms with Crippen LogP contribution in [0.5, 0.6) is 0 Å². The molecule has 0 bridgehead atoms. The maximum Gasteiger partial charge on any atom is 0.316 e. The van der Waals surface area contributed by atoms with Crippen LogP contribution in [0.25, 0.3) is 0 Å². The molecule has 0 unspecified atom stereocenters. The molecule has 0 amide bonds. The number of nitro groups is 1. The smallest absolute Gasteiger partial charge is 0.316 e. The van der Waals surface area contributed by atoms with Gasteiger partial charge in [0, 0.05) is 0 Å². The maximum absolute atomic E-state index is 12.2. The molecule has 0 fully saturated rings. The zero-order valence-corrected chi connectivity index (χ0v) is 7.35. The summed E-state index contributed by atoms with van der Waals surface area (Å²) in [5.41, 5.74) is 3.53. The fourth-order valence-electron chi connectivity index (χ4n) is 1.08. The van der Waals surface area contributed by atoms with Crippen LogP contribution in [0, 0.1) is 10.1 Å². The molecule has 8 heteroatoms. The van der Waals surface area contributed by atoms with Crippen LogP contribution >= 0.6 is 0 Å². The molecule has 0 aliphatic heterocycles. The lowest BCUT2D eigenvalue weighted by molar-refractivity contribution is -0.385. The summed E-state index contributed by atoms with van der Waals surface area (Å²) in [7, 11) is 0. The van der Waals surface area contributed by atoms with E-state index < -0.39 is 35.2 Å². The van der Waals surface area contributed by atoms with E-state index in [1.165, 1.54) is 0 Å². The molecule has 1 heterocycles. The van der Waals surface area contributed by atoms with Crippen molar-refractivity contribution in [2.75, 3.05) is 5.73 Å². The third-order valence-corrected chi connectivity index (χ3v) is 1.69. The number of anilines is 1. The molecule has 0 saturated carbocycles. The van der Waals surface area contributed by atoms with Crippen molar-refractivity contribution in [3.8, 4) is 0 Å². The van der Waals surface area contributed by atoms with Gasteiger partial charge in [-0.3, -0.25) is 10.1 Å². The predicted octanol–water partition coefficient (Wildman–Crippen LogP) is 1.00. The number of nitrogens with two attached hydrogens (primary N) is 1. The molecule has 1 aromatic heterocycles. The first kappa shape index (κ1) is 11.2. The number of hydrogen-bond acceptors (Lipinski definition) is 5. The first-order valence-electron chi connectivity index (χ1n) is 3.80. The lowest BCUT2D eigenvalue weighted by atomic mass is 10.2. The van der Waals surface area contributed by atoms with E-state index in [9.17, 15) is 18.9 Å². The van der Waals surface area contributed by atoms with E-state index in [1.807, 2.05) is 0 Å². The van der Waals surface area contributed by atoms with Gasteiger partial charge in [-0.2, -0.15) is 0 Å². The molecule has 0 aliphatic rings. The Morgan fingerprint density at radius 3 is 2.67 bits per heavy atom. The van der Waals surface area contributed by atoms with Crippen molar-refractivity contribution >= 4 is 11.5 Å². The predicted molar refractivity (Wildman–Crippen MR) is 46.2 cm³/mol. The molecule has 0 aliphatic carbocycles. The van der Waals surface area contributed by atoms with Crippen LogP contribution in [0.1, 0.15) is 17.7 Å². The van der Waals surface area contributed by atoms with Gasteiger partial charge in [0.2, 0.25) is 5.82 Å². The minimum absolute atomic E-state index is 0.275. The van der Waals surface area contributed by atoms with Crippen LogP contribution in [0.2, 0.25) is 0 Å². The highest BCUT2D eigenvalue weighted by atomic mass is 19.3. The molecule has 0 spiro atoms. The Labute approximate surface area is 82.5 Å². The minimum Gasteiger partial charge on any atom is -0.391 e. The molecule has 0 aromatic carbocycles. The summed E-state index contributed by atoms with van der Waals surface area (Å²) in [6.45, 7) is -0.747. The molecule has 1 rings (SSSR count). The van der Waals surface area contributed by atoms with E-state index in [0.29, 0.717) is 0 Å². The van der Waals surface area contributed by atoms with Gasteiger partial charge in [0.15, 0.2) is 0 Å². The number of pyridine rings is 1. The van der Waals surface area contributed by atoms with Gasteiger partial charge in [-0.15, -0.1) is 0 Å². The number of aromatic nitrogens is 1. The summed E-state index contributed by atoms with van der Waals surface area (Å²) >= 11 is 0. The first-order chi connectivity index (χ1) is 6.97. The second-order valence-electron chi connectivity index (χ2n) is 2.66. The maximum atomic E-state index is 12.2. The van der Waals surface area contributed by atoms with E-state index in [4.69, 9.17) is 10.8 Å². The Hall–Kier alpha value is -1.83. The van der Waals surface area contributed by atoms with E-state index in [0.717, 1.165) is 6.07 Å². The lowest BCUT2D eigenvalue weighted by Gasteiger charge is -2.05. The highest BCUT2D eigenvalue weighted by molar-refractivity contribution is 5.58. The van der Waals surface area contributed by atoms with Gasteiger partial charge in [-0.25, -0.2) is 13.8 Å². The average Bonchev–Trinajstić information content (AvgIpc) is 2.15. The van der Waals surface area contributed by atoms with Gasteiger partial charge in [-0.1, -0.05) is 0 Å². The summed E-state index contributed by atoms with van der Waals surface area (Å²) in [6.07, 6.45) is -2.89. The Morgan fingerprint density at radius 2 is 2.27 bits per heavy atom. The van der Waals surface area contributed by atoms with Gasteiger partial charge in [0.1, 0.15) is 5.69 Å². The number of nitrogens with zero attached hydrogens (tertiary/aromatic N) is 2. The fraction of sp³-hybridized carbons (Fsp3) is 0.286. The monoisotopic (exact) mass is 219 g/mol. The number of halogens is 2. The Kier molecular flexibility index (Phi) is 3.10. The topological polar surface area (TPSA) is 102 Å². The number of aliphatic hydroxyl groups is 1. The van der Waals surface area contributed by atoms with E-state index >= 15 is 0 Å². The van der Waals surface area contributed by atoms with E-state index in [2.05, 4.69) is 4.98 Å². The van der Waals surface area contributed by atoms with Gasteiger partial charge in [0.05, 0.1) is 17.1 Å². The van der Waals surface area contributed by atoms with Crippen molar-refractivity contribution in [3.63, 3.8) is 0 Å². The molecule has 3 N–H and O–H groups in total. The zero-order valence-electron chi connectivity index (χ0n) is 7.35. The van der Waals surface area contributed by atoms with Crippen molar-refractivity contribution in [1.82, 2.24) is 4.98 Å². The second kappa shape index (κ2) is 4.13. The van der Waals surface area contributed by atoms with Crippen LogP contribution in [0.3, 0.4) is 0 Å². The summed E-state index contributed by atoms with van der Waals surface area (Å²) in [4.78, 5) is 12.8. The number of alkyl halides is 2. The average molecular weight is 219 g/mol. The largest absolute Gasteiger partial charge is 0.391 e. The first-order valence-corrected chi connectivity index (χ1v) is 3.80. The van der Waals surface area contributed by atoms with Crippen LogP contribution in [0.4, 0.5) is 20.3 Å². The standard InChI is InChI=1S/C7H7F2N3O3/c8-6(9)4-1-3(2-13)5(12(14)15)7(10)11-4/h1,6,13H,2H2,(H2,10,11). The quantitative estimate of drug-likeness (QED) is 0.583. The van der Waals surface area contributed by atoms with Crippen molar-refractivity contribution in [1.29, 1.82) is 0 Å². The van der Waals surface area contributed by atoms with Gasteiger partial charge in [0.25, 0.3) is 6.43 Å². The second-order valence-corrected chi connectivity index (χ2v) is 2.66. The third-order valence-electron chi connectivity index (χ3n) is 1.69. The molecule has 15 heavy (non-hydrogen) atoms. The van der Waals surface area contributed by atoms with E-state index in [1.54, 1.807) is 0 Å². The molecule has 0 radical (unpaired) electrons. The summed E-state index contributed by atoms with van der Waals surface area (Å²) in [5.74, 6) is -0.623. The zero-order chi connectivity index (χ0) is 11.6. The molecular weight excluding hydrogens is 212 g/mol. The number of aliphatic hydroxyl groups excluding tert-OH is 1. The van der Waals surface area contributed by atoms with Crippen LogP contribution in [0.15, 0.2) is 6.07 Å². The fourth-order valence-corrected chi connectivity index (χ4v) is 1.08. The third kappa shape index (κ3) is 2.15. The van der Waals surface area contributed by atoms with Gasteiger partial charge in [-0.05, 0) is 6.07 Å². The normalized spacial score (nSPS) is 10.7. The van der Waals surface area contributed by atoms with Crippen molar-refractivity contribution in [3.05, 3.63) is 27.4 Å². The lowest BCUT2D eigenvalue weighted by Crippen LogP contribution is -2.06.